The van der Waals surface area contributed by atoms with Crippen molar-refractivity contribution in [3.8, 4) is 22.3 Å². The third kappa shape index (κ3) is 4.13. The highest BCUT2D eigenvalue weighted by atomic mass is 35.5. The molecular formula is C28H27ClN2O3. The molecule has 1 aliphatic carbocycles. The lowest BCUT2D eigenvalue weighted by Crippen LogP contribution is -2.15. The number of primary amides is 1. The number of hydrogen-bond donors (Lipinski definition) is 3. The quantitative estimate of drug-likeness (QED) is 0.322. The molecular weight excluding hydrogens is 448 g/mol. The molecule has 0 atom stereocenters. The zero-order chi connectivity index (χ0) is 24.8. The number of fused-ring (bicyclic) bond motifs is 3. The van der Waals surface area contributed by atoms with Crippen LogP contribution in [-0.4, -0.2) is 16.9 Å². The Kier molecular flexibility index (Phi) is 6.11. The van der Waals surface area contributed by atoms with Gasteiger partial charge in [0.2, 0.25) is 11.8 Å². The standard InChI is InChI=1S/C28H27ClN2O3/c1-5-7-24(32)31-23-9-6-8-18(15(23)2)26-22(29)14-21(27(30)33)20-13-16-12-17(28(3,4)34)10-11-19(16)25(20)26/h5-12,14,34H,13H2,1-4H3,(H2,30,33)(H,31,32)/b7-5+. The van der Waals surface area contributed by atoms with Gasteiger partial charge in [0.25, 0.3) is 0 Å². The van der Waals surface area contributed by atoms with E-state index >= 15 is 0 Å². The average Bonchev–Trinajstić information content (AvgIpc) is 3.13. The Bertz CT molecular complexity index is 1370. The lowest BCUT2D eigenvalue weighted by molar-refractivity contribution is -0.111. The van der Waals surface area contributed by atoms with Crippen molar-refractivity contribution in [3.05, 3.63) is 87.5 Å². The number of aliphatic hydroxyl groups is 1. The van der Waals surface area contributed by atoms with Gasteiger partial charge in [-0.1, -0.05) is 48.0 Å². The summed E-state index contributed by atoms with van der Waals surface area (Å²) in [5.74, 6) is -0.753. The minimum absolute atomic E-state index is 0.215. The van der Waals surface area contributed by atoms with Crippen LogP contribution in [0.3, 0.4) is 0 Å². The number of carbonyl (C=O) groups is 2. The topological polar surface area (TPSA) is 92.4 Å². The van der Waals surface area contributed by atoms with E-state index < -0.39 is 11.5 Å². The van der Waals surface area contributed by atoms with Crippen LogP contribution in [0.5, 0.6) is 0 Å². The van der Waals surface area contributed by atoms with Crippen LogP contribution in [0.1, 0.15) is 53.4 Å². The molecule has 3 aromatic rings. The monoisotopic (exact) mass is 474 g/mol. The van der Waals surface area contributed by atoms with Gasteiger partial charge in [0.05, 0.1) is 5.60 Å². The van der Waals surface area contributed by atoms with E-state index in [0.29, 0.717) is 22.7 Å². The predicted molar refractivity (Wildman–Crippen MR) is 137 cm³/mol. The summed E-state index contributed by atoms with van der Waals surface area (Å²) < 4.78 is 0. The van der Waals surface area contributed by atoms with E-state index in [1.165, 1.54) is 6.08 Å². The normalized spacial score (nSPS) is 12.5. The lowest BCUT2D eigenvalue weighted by atomic mass is 9.88. The Morgan fingerprint density at radius 2 is 1.85 bits per heavy atom. The first-order valence-corrected chi connectivity index (χ1v) is 11.5. The van der Waals surface area contributed by atoms with E-state index in [4.69, 9.17) is 17.3 Å². The predicted octanol–water partition coefficient (Wildman–Crippen LogP) is 5.73. The average molecular weight is 475 g/mol. The minimum Gasteiger partial charge on any atom is -0.386 e. The summed E-state index contributed by atoms with van der Waals surface area (Å²) in [5.41, 5.74) is 12.7. The van der Waals surface area contributed by atoms with Gasteiger partial charge in [-0.2, -0.15) is 0 Å². The summed E-state index contributed by atoms with van der Waals surface area (Å²) in [5, 5.41) is 13.8. The summed E-state index contributed by atoms with van der Waals surface area (Å²) in [6.07, 6.45) is 3.66. The molecule has 0 bridgehead atoms. The van der Waals surface area contributed by atoms with Crippen LogP contribution in [-0.2, 0) is 16.8 Å². The van der Waals surface area contributed by atoms with E-state index in [0.717, 1.165) is 44.5 Å². The van der Waals surface area contributed by atoms with Crippen LogP contribution in [0.25, 0.3) is 22.3 Å². The van der Waals surface area contributed by atoms with Gasteiger partial charge < -0.3 is 16.2 Å². The number of nitrogens with two attached hydrogens (primary N) is 1. The van der Waals surface area contributed by atoms with Gasteiger partial charge in [-0.15, -0.1) is 0 Å². The van der Waals surface area contributed by atoms with Crippen molar-refractivity contribution in [1.82, 2.24) is 0 Å². The first kappa shape index (κ1) is 23.7. The number of hydrogen-bond acceptors (Lipinski definition) is 3. The van der Waals surface area contributed by atoms with Crippen LogP contribution < -0.4 is 11.1 Å². The van der Waals surface area contributed by atoms with E-state index in [9.17, 15) is 14.7 Å². The largest absolute Gasteiger partial charge is 0.386 e. The summed E-state index contributed by atoms with van der Waals surface area (Å²) in [6, 6.07) is 13.1. The van der Waals surface area contributed by atoms with Crippen molar-refractivity contribution < 1.29 is 14.7 Å². The second-order valence-corrected chi connectivity index (χ2v) is 9.48. The molecule has 0 fully saturated rings. The Labute approximate surface area is 204 Å². The van der Waals surface area contributed by atoms with Crippen molar-refractivity contribution >= 4 is 29.1 Å². The molecule has 6 heteroatoms. The molecule has 5 nitrogen and oxygen atoms in total. The molecule has 4 rings (SSSR count). The third-order valence-corrected chi connectivity index (χ3v) is 6.58. The zero-order valence-electron chi connectivity index (χ0n) is 19.6. The van der Waals surface area contributed by atoms with Crippen LogP contribution in [0.15, 0.2) is 54.6 Å². The summed E-state index contributed by atoms with van der Waals surface area (Å²) in [4.78, 5) is 24.5. The molecule has 0 aliphatic heterocycles. The fourth-order valence-electron chi connectivity index (χ4n) is 4.58. The molecule has 0 unspecified atom stereocenters. The second kappa shape index (κ2) is 8.75. The highest BCUT2D eigenvalue weighted by Crippen LogP contribution is 2.49. The maximum atomic E-state index is 12.3. The van der Waals surface area contributed by atoms with Gasteiger partial charge in [-0.3, -0.25) is 9.59 Å². The molecule has 34 heavy (non-hydrogen) atoms. The number of allylic oxidation sites excluding steroid dienone is 1. The van der Waals surface area contributed by atoms with E-state index in [1.807, 2.05) is 43.3 Å². The van der Waals surface area contributed by atoms with Crippen molar-refractivity contribution in [3.63, 3.8) is 0 Å². The molecule has 4 N–H and O–H groups in total. The zero-order valence-corrected chi connectivity index (χ0v) is 20.4. The SMILES string of the molecule is C/C=C/C(=O)Nc1cccc(-c2c(Cl)cc(C(N)=O)c3c2-c2ccc(C(C)(C)O)cc2C3)c1C. The van der Waals surface area contributed by atoms with Gasteiger partial charge in [-0.05, 0) is 91.3 Å². The number of benzene rings is 3. The van der Waals surface area contributed by atoms with E-state index in [-0.39, 0.29) is 5.91 Å². The number of amides is 2. The van der Waals surface area contributed by atoms with Crippen molar-refractivity contribution in [2.45, 2.75) is 39.7 Å². The number of rotatable bonds is 5. The first-order valence-electron chi connectivity index (χ1n) is 11.1. The number of nitrogens with one attached hydrogen (secondary N) is 1. The molecule has 0 radical (unpaired) electrons. The fraction of sp³-hybridized carbons (Fsp3) is 0.214. The molecule has 0 spiro atoms. The van der Waals surface area contributed by atoms with Crippen molar-refractivity contribution in [2.24, 2.45) is 5.73 Å². The van der Waals surface area contributed by atoms with Crippen molar-refractivity contribution in [2.75, 3.05) is 5.32 Å². The third-order valence-electron chi connectivity index (χ3n) is 6.28. The van der Waals surface area contributed by atoms with Crippen LogP contribution in [0.2, 0.25) is 5.02 Å². The van der Waals surface area contributed by atoms with Gasteiger partial charge in [-0.25, -0.2) is 0 Å². The number of anilines is 1. The highest BCUT2D eigenvalue weighted by molar-refractivity contribution is 6.35. The van der Waals surface area contributed by atoms with Gasteiger partial charge in [0.1, 0.15) is 0 Å². The van der Waals surface area contributed by atoms with E-state index in [1.54, 1.807) is 32.9 Å². The van der Waals surface area contributed by atoms with Crippen LogP contribution in [0.4, 0.5) is 5.69 Å². The van der Waals surface area contributed by atoms with Crippen LogP contribution in [0, 0.1) is 6.92 Å². The molecule has 0 saturated heterocycles. The Hall–Kier alpha value is -3.41. The molecule has 1 aliphatic rings. The van der Waals surface area contributed by atoms with Gasteiger partial charge in [0, 0.05) is 21.8 Å². The van der Waals surface area contributed by atoms with Gasteiger partial charge >= 0.3 is 0 Å². The Balaban J connectivity index is 1.97. The molecule has 174 valence electrons. The van der Waals surface area contributed by atoms with Crippen LogP contribution >= 0.6 is 11.6 Å². The summed E-state index contributed by atoms with van der Waals surface area (Å²) >= 11 is 6.80. The minimum atomic E-state index is -0.993. The van der Waals surface area contributed by atoms with E-state index in [2.05, 4.69) is 5.32 Å². The number of halogens is 1. The number of carbonyl (C=O) groups excluding carboxylic acids is 2. The highest BCUT2D eigenvalue weighted by Gasteiger charge is 2.30. The Morgan fingerprint density at radius 3 is 2.50 bits per heavy atom. The molecule has 0 saturated carbocycles. The Morgan fingerprint density at radius 1 is 1.12 bits per heavy atom. The molecule has 0 heterocycles. The second-order valence-electron chi connectivity index (χ2n) is 9.07. The first-order chi connectivity index (χ1) is 16.0. The van der Waals surface area contributed by atoms with Crippen molar-refractivity contribution in [1.29, 1.82) is 0 Å². The molecule has 3 aromatic carbocycles. The lowest BCUT2D eigenvalue weighted by Gasteiger charge is -2.20. The fourth-order valence-corrected chi connectivity index (χ4v) is 4.88. The van der Waals surface area contributed by atoms with Gasteiger partial charge in [0.15, 0.2) is 0 Å². The maximum Gasteiger partial charge on any atom is 0.249 e. The molecule has 0 aromatic heterocycles. The maximum absolute atomic E-state index is 12.3. The summed E-state index contributed by atoms with van der Waals surface area (Å²) in [6.45, 7) is 7.20. The smallest absolute Gasteiger partial charge is 0.249 e. The summed E-state index contributed by atoms with van der Waals surface area (Å²) in [7, 11) is 0. The molecule has 2 amide bonds.